The number of thiophene rings is 1. The first-order valence-electron chi connectivity index (χ1n) is 6.58. The van der Waals surface area contributed by atoms with Gasteiger partial charge in [-0.05, 0) is 36.2 Å². The zero-order valence-electron chi connectivity index (χ0n) is 11.6. The summed E-state index contributed by atoms with van der Waals surface area (Å²) in [6.07, 6.45) is 0. The number of carbonyl (C=O) groups is 1. The van der Waals surface area contributed by atoms with Crippen LogP contribution < -0.4 is 5.32 Å². The molecule has 1 aromatic heterocycles. The minimum absolute atomic E-state index is 0.0995. The molecule has 2 rings (SSSR count). The van der Waals surface area contributed by atoms with E-state index in [1.54, 1.807) is 29.5 Å². The Morgan fingerprint density at radius 3 is 2.81 bits per heavy atom. The number of hydrogen-bond acceptors (Lipinski definition) is 3. The number of rotatable bonds is 6. The Hall–Kier alpha value is -1.07. The van der Waals surface area contributed by atoms with Crippen molar-refractivity contribution >= 4 is 46.1 Å². The monoisotopic (exact) mass is 342 g/mol. The first-order valence-corrected chi connectivity index (χ1v) is 8.21. The van der Waals surface area contributed by atoms with Crippen LogP contribution in [0.25, 0.3) is 0 Å². The average Bonchev–Trinajstić information content (AvgIpc) is 2.95. The highest BCUT2D eigenvalue weighted by atomic mass is 35.5. The third kappa shape index (κ3) is 5.00. The van der Waals surface area contributed by atoms with Crippen LogP contribution in [-0.4, -0.2) is 23.9 Å². The van der Waals surface area contributed by atoms with E-state index in [4.69, 9.17) is 23.2 Å². The lowest BCUT2D eigenvalue weighted by Gasteiger charge is -2.19. The van der Waals surface area contributed by atoms with Crippen LogP contribution >= 0.6 is 34.5 Å². The largest absolute Gasteiger partial charge is 0.324 e. The van der Waals surface area contributed by atoms with Crippen molar-refractivity contribution in [1.29, 1.82) is 0 Å². The summed E-state index contributed by atoms with van der Waals surface area (Å²) < 4.78 is 0. The summed E-state index contributed by atoms with van der Waals surface area (Å²) >= 11 is 13.6. The molecule has 1 N–H and O–H groups in total. The number of benzene rings is 1. The van der Waals surface area contributed by atoms with E-state index in [-0.39, 0.29) is 5.91 Å². The third-order valence-electron chi connectivity index (χ3n) is 2.98. The van der Waals surface area contributed by atoms with Gasteiger partial charge in [0.2, 0.25) is 5.91 Å². The first kappa shape index (κ1) is 16.3. The molecule has 2 aromatic rings. The molecule has 0 bridgehead atoms. The number of likely N-dealkylation sites (N-methyl/N-ethyl adjacent to an activating group) is 1. The molecule has 1 amide bonds. The molecule has 6 heteroatoms. The van der Waals surface area contributed by atoms with Crippen LogP contribution in [0.3, 0.4) is 0 Å². The molecule has 0 atom stereocenters. The van der Waals surface area contributed by atoms with Crippen LogP contribution in [0.1, 0.15) is 11.8 Å². The Labute approximate surface area is 138 Å². The molecule has 0 unspecified atom stereocenters. The summed E-state index contributed by atoms with van der Waals surface area (Å²) in [6.45, 7) is 3.92. The zero-order valence-corrected chi connectivity index (χ0v) is 13.9. The van der Waals surface area contributed by atoms with Crippen molar-refractivity contribution in [3.63, 3.8) is 0 Å². The molecule has 0 aliphatic rings. The van der Waals surface area contributed by atoms with Gasteiger partial charge in [-0.15, -0.1) is 11.3 Å². The second-order valence-electron chi connectivity index (χ2n) is 4.55. The maximum atomic E-state index is 12.1. The number of nitrogens with zero attached hydrogens (tertiary/aromatic N) is 1. The normalized spacial score (nSPS) is 10.9. The van der Waals surface area contributed by atoms with Gasteiger partial charge in [-0.3, -0.25) is 9.69 Å². The topological polar surface area (TPSA) is 32.3 Å². The summed E-state index contributed by atoms with van der Waals surface area (Å²) in [5.41, 5.74) is 0.543. The van der Waals surface area contributed by atoms with Gasteiger partial charge in [0.05, 0.1) is 17.3 Å². The van der Waals surface area contributed by atoms with Gasteiger partial charge in [-0.2, -0.15) is 0 Å². The highest BCUT2D eigenvalue weighted by Gasteiger charge is 2.12. The molecule has 0 saturated carbocycles. The van der Waals surface area contributed by atoms with Gasteiger partial charge < -0.3 is 5.32 Å². The van der Waals surface area contributed by atoms with E-state index in [0.29, 0.717) is 22.3 Å². The minimum Gasteiger partial charge on any atom is -0.324 e. The van der Waals surface area contributed by atoms with Crippen molar-refractivity contribution in [2.75, 3.05) is 18.4 Å². The maximum absolute atomic E-state index is 12.1. The first-order chi connectivity index (χ1) is 10.1. The van der Waals surface area contributed by atoms with Crippen molar-refractivity contribution in [2.45, 2.75) is 13.5 Å². The van der Waals surface area contributed by atoms with Gasteiger partial charge in [-0.25, -0.2) is 0 Å². The van der Waals surface area contributed by atoms with Gasteiger partial charge in [0.25, 0.3) is 0 Å². The lowest BCUT2D eigenvalue weighted by atomic mass is 10.3. The van der Waals surface area contributed by atoms with Crippen LogP contribution in [0.5, 0.6) is 0 Å². The highest BCUT2D eigenvalue weighted by Crippen LogP contribution is 2.25. The van der Waals surface area contributed by atoms with E-state index in [9.17, 15) is 4.79 Å². The van der Waals surface area contributed by atoms with Crippen LogP contribution in [0.15, 0.2) is 35.7 Å². The molecule has 0 saturated heterocycles. The highest BCUT2D eigenvalue weighted by molar-refractivity contribution is 7.09. The van der Waals surface area contributed by atoms with Crippen molar-refractivity contribution in [2.24, 2.45) is 0 Å². The molecule has 0 spiro atoms. The van der Waals surface area contributed by atoms with Crippen molar-refractivity contribution in [3.05, 3.63) is 50.6 Å². The number of halogens is 2. The summed E-state index contributed by atoms with van der Waals surface area (Å²) in [5, 5.41) is 5.86. The van der Waals surface area contributed by atoms with Gasteiger partial charge in [0, 0.05) is 16.4 Å². The minimum atomic E-state index is -0.0995. The van der Waals surface area contributed by atoms with E-state index in [2.05, 4.69) is 16.3 Å². The fraction of sp³-hybridized carbons (Fsp3) is 0.267. The lowest BCUT2D eigenvalue weighted by molar-refractivity contribution is -0.117. The summed E-state index contributed by atoms with van der Waals surface area (Å²) in [6, 6.07) is 9.09. The number of hydrogen-bond donors (Lipinski definition) is 1. The Morgan fingerprint density at radius 2 is 2.14 bits per heavy atom. The third-order valence-corrected chi connectivity index (χ3v) is 4.40. The Kier molecular flexibility index (Phi) is 6.06. The number of carbonyl (C=O) groups excluding carboxylic acids is 1. The molecular formula is C15H16Cl2N2OS. The average molecular weight is 343 g/mol. The Bertz CT molecular complexity index is 602. The SMILES string of the molecule is CCN(CC(=O)Nc1cc(Cl)ccc1Cl)Cc1cccs1. The molecule has 0 fully saturated rings. The molecule has 0 aliphatic heterocycles. The van der Waals surface area contributed by atoms with Crippen molar-refractivity contribution in [1.82, 2.24) is 4.90 Å². The summed E-state index contributed by atoms with van der Waals surface area (Å²) in [7, 11) is 0. The molecule has 0 aliphatic carbocycles. The maximum Gasteiger partial charge on any atom is 0.238 e. The summed E-state index contributed by atoms with van der Waals surface area (Å²) in [4.78, 5) is 15.4. The number of nitrogens with one attached hydrogen (secondary N) is 1. The molecule has 1 heterocycles. The fourth-order valence-corrected chi connectivity index (χ4v) is 2.97. The quantitative estimate of drug-likeness (QED) is 0.837. The number of anilines is 1. The van der Waals surface area contributed by atoms with Crippen LogP contribution in [0.2, 0.25) is 10.0 Å². The Balaban J connectivity index is 1.95. The molecule has 0 radical (unpaired) electrons. The predicted molar refractivity (Wildman–Crippen MR) is 90.4 cm³/mol. The van der Waals surface area contributed by atoms with E-state index < -0.39 is 0 Å². The standard InChI is InChI=1S/C15H16Cl2N2OS/c1-2-19(9-12-4-3-7-21-12)10-15(20)18-14-8-11(16)5-6-13(14)17/h3-8H,2,9-10H2,1H3,(H,18,20). The lowest BCUT2D eigenvalue weighted by Crippen LogP contribution is -2.32. The van der Waals surface area contributed by atoms with Crippen molar-refractivity contribution in [3.8, 4) is 0 Å². The van der Waals surface area contributed by atoms with E-state index in [1.807, 2.05) is 18.4 Å². The van der Waals surface area contributed by atoms with Crippen LogP contribution in [-0.2, 0) is 11.3 Å². The molecule has 1 aromatic carbocycles. The van der Waals surface area contributed by atoms with Gasteiger partial charge in [0.1, 0.15) is 0 Å². The molecular weight excluding hydrogens is 327 g/mol. The van der Waals surface area contributed by atoms with E-state index >= 15 is 0 Å². The second kappa shape index (κ2) is 7.80. The van der Waals surface area contributed by atoms with E-state index in [0.717, 1.165) is 13.1 Å². The molecule has 21 heavy (non-hydrogen) atoms. The summed E-state index contributed by atoms with van der Waals surface area (Å²) in [5.74, 6) is -0.0995. The van der Waals surface area contributed by atoms with Gasteiger partial charge >= 0.3 is 0 Å². The van der Waals surface area contributed by atoms with Gasteiger partial charge in [0.15, 0.2) is 0 Å². The predicted octanol–water partition coefficient (Wildman–Crippen LogP) is 4.52. The number of amides is 1. The fourth-order valence-electron chi connectivity index (χ4n) is 1.89. The molecule has 3 nitrogen and oxygen atoms in total. The van der Waals surface area contributed by atoms with Crippen LogP contribution in [0.4, 0.5) is 5.69 Å². The van der Waals surface area contributed by atoms with Gasteiger partial charge in [-0.1, -0.05) is 36.2 Å². The molecule has 112 valence electrons. The van der Waals surface area contributed by atoms with Crippen LogP contribution in [0, 0.1) is 0 Å². The smallest absolute Gasteiger partial charge is 0.238 e. The zero-order chi connectivity index (χ0) is 15.2. The second-order valence-corrected chi connectivity index (χ2v) is 6.43. The van der Waals surface area contributed by atoms with E-state index in [1.165, 1.54) is 4.88 Å². The Morgan fingerprint density at radius 1 is 1.33 bits per heavy atom. The van der Waals surface area contributed by atoms with Crippen molar-refractivity contribution < 1.29 is 4.79 Å².